The van der Waals surface area contributed by atoms with Crippen LogP contribution < -0.4 is 0 Å². The van der Waals surface area contributed by atoms with E-state index in [2.05, 4.69) is 20.9 Å². The largest absolute Gasteiger partial charge is 0.317 e. The number of hydrogen-bond acceptors (Lipinski definition) is 0. The molecule has 3 rings (SSSR count). The molecule has 0 bridgehead atoms. The van der Waals surface area contributed by atoms with Crippen LogP contribution in [0.25, 0.3) is 0 Å². The zero-order chi connectivity index (χ0) is 12.1. The lowest BCUT2D eigenvalue weighted by Crippen LogP contribution is -2.59. The van der Waals surface area contributed by atoms with E-state index in [1.807, 2.05) is 11.1 Å². The predicted molar refractivity (Wildman–Crippen MR) is 72.8 cm³/mol. The summed E-state index contributed by atoms with van der Waals surface area (Å²) >= 11 is 0. The first kappa shape index (κ1) is 11.8. The Balaban J connectivity index is 1.94. The Morgan fingerprint density at radius 1 is 1.29 bits per heavy atom. The van der Waals surface area contributed by atoms with E-state index >= 15 is 0 Å². The first-order valence-corrected chi connectivity index (χ1v) is 7.65. The second kappa shape index (κ2) is 3.85. The highest BCUT2D eigenvalue weighted by Crippen LogP contribution is 2.53. The topological polar surface area (TPSA) is 0 Å². The molecule has 1 nitrogen and oxygen atoms in total. The van der Waals surface area contributed by atoms with Gasteiger partial charge in [-0.05, 0) is 38.2 Å². The van der Waals surface area contributed by atoms with E-state index in [1.54, 1.807) is 0 Å². The highest BCUT2D eigenvalue weighted by atomic mass is 15.4. The normalized spacial score (nSPS) is 45.0. The number of likely N-dealkylation sites (N-methyl/N-ethyl adjacent to an activating group) is 1. The van der Waals surface area contributed by atoms with Gasteiger partial charge in [-0.2, -0.15) is 0 Å². The van der Waals surface area contributed by atoms with Gasteiger partial charge in [0.2, 0.25) is 0 Å². The van der Waals surface area contributed by atoms with Crippen molar-refractivity contribution in [2.75, 3.05) is 20.1 Å². The molecule has 0 aromatic heterocycles. The first-order chi connectivity index (χ1) is 8.09. The van der Waals surface area contributed by atoms with Crippen LogP contribution in [0.5, 0.6) is 0 Å². The van der Waals surface area contributed by atoms with Crippen molar-refractivity contribution in [3.63, 3.8) is 0 Å². The predicted octanol–water partition coefficient (Wildman–Crippen LogP) is 3.90. The van der Waals surface area contributed by atoms with Gasteiger partial charge in [-0.15, -0.1) is 0 Å². The Morgan fingerprint density at radius 3 is 2.88 bits per heavy atom. The van der Waals surface area contributed by atoms with Gasteiger partial charge in [0.05, 0.1) is 20.1 Å². The van der Waals surface area contributed by atoms with Crippen molar-refractivity contribution in [1.82, 2.24) is 0 Å². The molecule has 17 heavy (non-hydrogen) atoms. The third kappa shape index (κ3) is 1.54. The summed E-state index contributed by atoms with van der Waals surface area (Å²) in [4.78, 5) is 0. The SMILES string of the molecule is CCCC1C[C@]2(C)C3=C(CCC3)CC[N+]2(C)C1. The van der Waals surface area contributed by atoms with E-state index in [4.69, 9.17) is 0 Å². The summed E-state index contributed by atoms with van der Waals surface area (Å²) in [5.41, 5.74) is 4.27. The van der Waals surface area contributed by atoms with Crippen LogP contribution in [0.3, 0.4) is 0 Å². The van der Waals surface area contributed by atoms with E-state index in [-0.39, 0.29) is 0 Å². The van der Waals surface area contributed by atoms with Gasteiger partial charge in [-0.25, -0.2) is 0 Å². The molecule has 0 aromatic rings. The number of rotatable bonds is 2. The molecule has 0 aromatic carbocycles. The Bertz CT molecular complexity index is 357. The molecule has 0 radical (unpaired) electrons. The minimum absolute atomic E-state index is 0.518. The van der Waals surface area contributed by atoms with E-state index in [1.165, 1.54) is 62.5 Å². The van der Waals surface area contributed by atoms with Crippen molar-refractivity contribution in [3.8, 4) is 0 Å². The summed E-state index contributed by atoms with van der Waals surface area (Å²) in [6.45, 7) is 7.79. The van der Waals surface area contributed by atoms with Gasteiger partial charge < -0.3 is 4.48 Å². The fourth-order valence-corrected chi connectivity index (χ4v) is 5.12. The summed E-state index contributed by atoms with van der Waals surface area (Å²) in [7, 11) is 2.54. The quantitative estimate of drug-likeness (QED) is 0.502. The van der Waals surface area contributed by atoms with Crippen LogP contribution in [0.1, 0.15) is 58.8 Å². The molecule has 0 spiro atoms. The third-order valence-electron chi connectivity index (χ3n) is 6.13. The fourth-order valence-electron chi connectivity index (χ4n) is 5.12. The molecule has 96 valence electrons. The molecule has 3 aliphatic rings. The molecule has 3 atom stereocenters. The second-order valence-electron chi connectivity index (χ2n) is 7.12. The van der Waals surface area contributed by atoms with E-state index in [0.29, 0.717) is 5.54 Å². The van der Waals surface area contributed by atoms with Crippen molar-refractivity contribution < 1.29 is 4.48 Å². The molecule has 2 aliphatic heterocycles. The van der Waals surface area contributed by atoms with E-state index in [9.17, 15) is 0 Å². The molecule has 1 heteroatoms. The van der Waals surface area contributed by atoms with E-state index < -0.39 is 0 Å². The van der Waals surface area contributed by atoms with Crippen LogP contribution in [0.4, 0.5) is 0 Å². The Kier molecular flexibility index (Phi) is 2.66. The summed E-state index contributed by atoms with van der Waals surface area (Å²) in [6.07, 6.45) is 9.97. The molecule has 1 fully saturated rings. The molecular weight excluding hydrogens is 206 g/mol. The van der Waals surface area contributed by atoms with Crippen molar-refractivity contribution in [1.29, 1.82) is 0 Å². The van der Waals surface area contributed by atoms with Gasteiger partial charge in [-0.3, -0.25) is 0 Å². The zero-order valence-corrected chi connectivity index (χ0v) is 11.9. The minimum Gasteiger partial charge on any atom is -0.317 e. The maximum absolute atomic E-state index is 2.59. The molecule has 0 saturated carbocycles. The molecule has 1 aliphatic carbocycles. The Labute approximate surface area is 106 Å². The second-order valence-corrected chi connectivity index (χ2v) is 7.12. The average molecular weight is 234 g/mol. The van der Waals surface area contributed by atoms with Gasteiger partial charge in [-0.1, -0.05) is 18.9 Å². The molecule has 0 amide bonds. The first-order valence-electron chi connectivity index (χ1n) is 7.65. The Morgan fingerprint density at radius 2 is 2.12 bits per heavy atom. The van der Waals surface area contributed by atoms with Crippen LogP contribution in [0.2, 0.25) is 0 Å². The van der Waals surface area contributed by atoms with Crippen LogP contribution in [-0.2, 0) is 0 Å². The highest BCUT2D eigenvalue weighted by Gasteiger charge is 2.57. The summed E-state index contributed by atoms with van der Waals surface area (Å²) in [5.74, 6) is 0.988. The third-order valence-corrected chi connectivity index (χ3v) is 6.13. The monoisotopic (exact) mass is 234 g/mol. The van der Waals surface area contributed by atoms with Gasteiger partial charge in [0.15, 0.2) is 0 Å². The Hall–Kier alpha value is -0.300. The minimum atomic E-state index is 0.518. The van der Waals surface area contributed by atoms with Crippen molar-refractivity contribution in [2.24, 2.45) is 5.92 Å². The summed E-state index contributed by atoms with van der Waals surface area (Å²) in [5, 5.41) is 0. The smallest absolute Gasteiger partial charge is 0.118 e. The van der Waals surface area contributed by atoms with Crippen LogP contribution in [-0.4, -0.2) is 30.2 Å². The lowest BCUT2D eigenvalue weighted by atomic mass is 9.79. The highest BCUT2D eigenvalue weighted by molar-refractivity contribution is 5.31. The molecule has 0 N–H and O–H groups in total. The molecule has 2 unspecified atom stereocenters. The number of hydrogen-bond donors (Lipinski definition) is 0. The summed E-state index contributed by atoms with van der Waals surface area (Å²) in [6, 6.07) is 0. The van der Waals surface area contributed by atoms with Gasteiger partial charge in [0.1, 0.15) is 5.54 Å². The maximum Gasteiger partial charge on any atom is 0.118 e. The van der Waals surface area contributed by atoms with Gasteiger partial charge in [0.25, 0.3) is 0 Å². The lowest BCUT2D eigenvalue weighted by Gasteiger charge is -2.48. The molecule has 2 heterocycles. The zero-order valence-electron chi connectivity index (χ0n) is 11.9. The maximum atomic E-state index is 2.59. The van der Waals surface area contributed by atoms with Gasteiger partial charge >= 0.3 is 0 Å². The van der Waals surface area contributed by atoms with E-state index in [0.717, 1.165) is 5.92 Å². The molecular formula is C16H28N+. The van der Waals surface area contributed by atoms with Crippen molar-refractivity contribution in [3.05, 3.63) is 11.1 Å². The number of quaternary nitrogens is 1. The number of fused-ring (bicyclic) bond motifs is 2. The standard InChI is InChI=1S/C16H28N/c1-4-6-13-11-16(2)15-8-5-7-14(15)9-10-17(16,3)12-13/h13H,4-12H2,1-3H3/q+1/t13?,16-,17?/m1/s1. The summed E-state index contributed by atoms with van der Waals surface area (Å²) < 4.78 is 1.36. The van der Waals surface area contributed by atoms with Gasteiger partial charge in [0, 0.05) is 18.8 Å². The fraction of sp³-hybridized carbons (Fsp3) is 0.875. The molecule has 1 saturated heterocycles. The van der Waals surface area contributed by atoms with Crippen LogP contribution >= 0.6 is 0 Å². The lowest BCUT2D eigenvalue weighted by molar-refractivity contribution is -0.941. The average Bonchev–Trinajstić information content (AvgIpc) is 2.82. The van der Waals surface area contributed by atoms with Crippen molar-refractivity contribution in [2.45, 2.75) is 64.3 Å². The van der Waals surface area contributed by atoms with Crippen LogP contribution in [0, 0.1) is 5.92 Å². The van der Waals surface area contributed by atoms with Crippen molar-refractivity contribution >= 4 is 0 Å². The number of nitrogens with zero attached hydrogens (tertiary/aromatic N) is 1. The van der Waals surface area contributed by atoms with Crippen LogP contribution in [0.15, 0.2) is 11.1 Å².